The predicted molar refractivity (Wildman–Crippen MR) is 153 cm³/mol. The molecule has 0 aliphatic heterocycles. The number of hydrogen-bond acceptors (Lipinski definition) is 9. The van der Waals surface area contributed by atoms with Crippen molar-refractivity contribution >= 4 is 34.7 Å². The van der Waals surface area contributed by atoms with Gasteiger partial charge >= 0.3 is 0 Å². The molecule has 0 radical (unpaired) electrons. The zero-order valence-corrected chi connectivity index (χ0v) is 23.9. The average molecular weight is 572 g/mol. The Bertz CT molecular complexity index is 1590. The predicted octanol–water partition coefficient (Wildman–Crippen LogP) is 0.527. The van der Waals surface area contributed by atoms with Crippen molar-refractivity contribution in [2.45, 2.75) is 30.9 Å². The number of fused-ring (bicyclic) bond motifs is 3. The van der Waals surface area contributed by atoms with E-state index in [1.165, 1.54) is 4.90 Å². The Balaban J connectivity index is 1.61. The monoisotopic (exact) mass is 571 g/mol. The van der Waals surface area contributed by atoms with Gasteiger partial charge in [0.15, 0.2) is 34.7 Å². The largest absolute Gasteiger partial charge is 0.506 e. The summed E-state index contributed by atoms with van der Waals surface area (Å²) in [7, 11) is 6.69. The second-order valence-electron chi connectivity index (χ2n) is 11.8. The first-order chi connectivity index (χ1) is 19.8. The molecular formula is C32H33N3O7. The summed E-state index contributed by atoms with van der Waals surface area (Å²) in [6.45, 7) is 0. The molecule has 0 heterocycles. The van der Waals surface area contributed by atoms with Crippen LogP contribution in [0.1, 0.15) is 33.5 Å². The van der Waals surface area contributed by atoms with Crippen LogP contribution in [0.3, 0.4) is 0 Å². The van der Waals surface area contributed by atoms with E-state index in [0.29, 0.717) is 17.7 Å². The van der Waals surface area contributed by atoms with E-state index in [1.807, 2.05) is 30.3 Å². The second-order valence-corrected chi connectivity index (χ2v) is 11.8. The minimum Gasteiger partial charge on any atom is -0.506 e. The zero-order chi connectivity index (χ0) is 30.7. The van der Waals surface area contributed by atoms with Crippen LogP contribution in [0, 0.1) is 35.5 Å². The summed E-state index contributed by atoms with van der Waals surface area (Å²) in [6.07, 6.45) is 0.593. The van der Waals surface area contributed by atoms with Crippen LogP contribution in [-0.4, -0.2) is 84.0 Å². The van der Waals surface area contributed by atoms with E-state index in [-0.39, 0.29) is 29.7 Å². The molecule has 3 aliphatic rings. The molecule has 2 fully saturated rings. The van der Waals surface area contributed by atoms with Crippen LogP contribution in [-0.2, 0) is 32.0 Å². The standard InChI is InChI=1S/C32H33N3O7/c1-34(2)21-15-17(12-8-11-16-9-6-5-7-10-16)26(36)23-19(21)13-18-14-20-25(35(3)4)28(38)24(31(33)41)30(40)32(20,42)29(39)22(18)27(23)37/h5-7,9-10,15,18,20,22,24-25,36,42H,11,13-14H2,1-4H3,(H2,33,41)/t18-,20-,22?,24?,25-,32-/m1/s1. The maximum atomic E-state index is 14.1. The molecule has 6 atom stereocenters. The number of hydrogen-bond donors (Lipinski definition) is 3. The number of anilines is 1. The Labute approximate surface area is 243 Å². The third-order valence-corrected chi connectivity index (χ3v) is 8.88. The molecule has 42 heavy (non-hydrogen) atoms. The SMILES string of the molecule is CN(C)c1cc(C#CCc2ccccc2)c(O)c2c1C[C@@H]1C[C@@H]3[C@@H](N(C)C)C(=O)C(C(N)=O)C(=O)[C@]3(O)C(=O)C1C2=O. The number of rotatable bonds is 4. The van der Waals surface area contributed by atoms with E-state index < -0.39 is 64.4 Å². The first kappa shape index (κ1) is 29.2. The quantitative estimate of drug-likeness (QED) is 0.352. The van der Waals surface area contributed by atoms with Gasteiger partial charge < -0.3 is 20.8 Å². The van der Waals surface area contributed by atoms with Crippen molar-refractivity contribution in [2.24, 2.45) is 29.4 Å². The van der Waals surface area contributed by atoms with Gasteiger partial charge in [-0.1, -0.05) is 42.2 Å². The Kier molecular flexibility index (Phi) is 7.29. The number of Topliss-reactive ketones (excluding diaryl/α,β-unsaturated/α-hetero) is 4. The summed E-state index contributed by atoms with van der Waals surface area (Å²) in [5, 5.41) is 23.1. The van der Waals surface area contributed by atoms with Crippen LogP contribution in [0.4, 0.5) is 5.69 Å². The first-order valence-corrected chi connectivity index (χ1v) is 13.7. The number of carbonyl (C=O) groups is 5. The van der Waals surface area contributed by atoms with Crippen LogP contribution < -0.4 is 10.6 Å². The Morgan fingerprint density at radius 2 is 1.74 bits per heavy atom. The number of nitrogens with zero attached hydrogens (tertiary/aromatic N) is 2. The molecule has 4 N–H and O–H groups in total. The summed E-state index contributed by atoms with van der Waals surface area (Å²) < 4.78 is 0. The minimum absolute atomic E-state index is 0.00381. The summed E-state index contributed by atoms with van der Waals surface area (Å²) in [5.41, 5.74) is 4.90. The molecule has 2 unspecified atom stereocenters. The van der Waals surface area contributed by atoms with E-state index in [4.69, 9.17) is 5.73 Å². The molecule has 218 valence electrons. The van der Waals surface area contributed by atoms with Crippen LogP contribution >= 0.6 is 0 Å². The van der Waals surface area contributed by atoms with E-state index in [9.17, 15) is 34.2 Å². The van der Waals surface area contributed by atoms with Gasteiger partial charge in [-0.25, -0.2) is 0 Å². The van der Waals surface area contributed by atoms with Crippen molar-refractivity contribution in [3.8, 4) is 17.6 Å². The maximum absolute atomic E-state index is 14.1. The fraction of sp³-hybridized carbons (Fsp3) is 0.406. The number of carbonyl (C=O) groups excluding carboxylic acids is 5. The second kappa shape index (κ2) is 10.5. The van der Waals surface area contributed by atoms with Crippen molar-refractivity contribution in [1.29, 1.82) is 0 Å². The minimum atomic E-state index is -2.76. The van der Waals surface area contributed by atoms with E-state index in [1.54, 1.807) is 39.2 Å². The molecule has 0 bridgehead atoms. The van der Waals surface area contributed by atoms with Gasteiger partial charge in [0.2, 0.25) is 5.91 Å². The summed E-state index contributed by atoms with van der Waals surface area (Å²) >= 11 is 0. The molecule has 2 aromatic rings. The zero-order valence-electron chi connectivity index (χ0n) is 23.9. The third kappa shape index (κ3) is 4.32. The van der Waals surface area contributed by atoms with E-state index >= 15 is 0 Å². The van der Waals surface area contributed by atoms with Gasteiger partial charge in [-0.05, 0) is 50.0 Å². The molecule has 3 aliphatic carbocycles. The van der Waals surface area contributed by atoms with Crippen molar-refractivity contribution in [1.82, 2.24) is 4.90 Å². The average Bonchev–Trinajstić information content (AvgIpc) is 2.92. The van der Waals surface area contributed by atoms with Gasteiger partial charge in [0.05, 0.1) is 23.1 Å². The lowest BCUT2D eigenvalue weighted by Gasteiger charge is -2.52. The van der Waals surface area contributed by atoms with Crippen LogP contribution in [0.15, 0.2) is 36.4 Å². The fourth-order valence-electron chi connectivity index (χ4n) is 6.98. The molecular weight excluding hydrogens is 538 g/mol. The van der Waals surface area contributed by atoms with Crippen LogP contribution in [0.25, 0.3) is 0 Å². The lowest BCUT2D eigenvalue weighted by molar-refractivity contribution is -0.181. The molecule has 0 spiro atoms. The molecule has 2 aromatic carbocycles. The summed E-state index contributed by atoms with van der Waals surface area (Å²) in [5.74, 6) is -4.80. The molecule has 10 nitrogen and oxygen atoms in total. The fourth-order valence-corrected chi connectivity index (χ4v) is 6.98. The highest BCUT2D eigenvalue weighted by atomic mass is 16.3. The highest BCUT2D eigenvalue weighted by Crippen LogP contribution is 2.52. The van der Waals surface area contributed by atoms with Gasteiger partial charge in [-0.3, -0.25) is 28.9 Å². The molecule has 5 rings (SSSR count). The number of aliphatic hydroxyl groups is 1. The van der Waals surface area contributed by atoms with Crippen LogP contribution in [0.5, 0.6) is 5.75 Å². The number of amides is 1. The highest BCUT2D eigenvalue weighted by Gasteiger charge is 2.69. The Morgan fingerprint density at radius 3 is 2.33 bits per heavy atom. The molecule has 0 aromatic heterocycles. The van der Waals surface area contributed by atoms with Gasteiger partial charge in [0, 0.05) is 32.1 Å². The van der Waals surface area contributed by atoms with Crippen molar-refractivity contribution in [3.05, 3.63) is 58.7 Å². The smallest absolute Gasteiger partial charge is 0.235 e. The maximum Gasteiger partial charge on any atom is 0.235 e. The van der Waals surface area contributed by atoms with E-state index in [0.717, 1.165) is 5.56 Å². The number of phenols is 1. The van der Waals surface area contributed by atoms with E-state index in [2.05, 4.69) is 11.8 Å². The van der Waals surface area contributed by atoms with Gasteiger partial charge in [0.25, 0.3) is 0 Å². The highest BCUT2D eigenvalue weighted by molar-refractivity contribution is 6.32. The normalized spacial score (nSPS) is 28.4. The number of aromatic hydroxyl groups is 1. The van der Waals surface area contributed by atoms with Gasteiger partial charge in [-0.2, -0.15) is 0 Å². The first-order valence-electron chi connectivity index (χ1n) is 13.7. The number of likely N-dealkylation sites (N-methyl/N-ethyl adjacent to an activating group) is 1. The Morgan fingerprint density at radius 1 is 1.07 bits per heavy atom. The van der Waals surface area contributed by atoms with Crippen molar-refractivity contribution in [2.75, 3.05) is 33.1 Å². The molecule has 1 amide bonds. The lowest BCUT2D eigenvalue weighted by Crippen LogP contribution is -2.74. The number of nitrogens with two attached hydrogens (primary N) is 1. The topological polar surface area (TPSA) is 158 Å². The van der Waals surface area contributed by atoms with Gasteiger partial charge in [0.1, 0.15) is 5.75 Å². The molecule has 0 saturated heterocycles. The van der Waals surface area contributed by atoms with Crippen molar-refractivity contribution in [3.63, 3.8) is 0 Å². The molecule has 10 heteroatoms. The number of phenolic OH excluding ortho intramolecular Hbond substituents is 1. The number of primary amides is 1. The van der Waals surface area contributed by atoms with Crippen LogP contribution in [0.2, 0.25) is 0 Å². The lowest BCUT2D eigenvalue weighted by atomic mass is 9.52. The number of ketones is 4. The Hall–Kier alpha value is -4.33. The van der Waals surface area contributed by atoms with Crippen molar-refractivity contribution < 1.29 is 34.2 Å². The van der Waals surface area contributed by atoms with Gasteiger partial charge in [-0.15, -0.1) is 0 Å². The summed E-state index contributed by atoms with van der Waals surface area (Å²) in [4.78, 5) is 70.2. The number of benzene rings is 2. The molecule has 2 saturated carbocycles. The summed E-state index contributed by atoms with van der Waals surface area (Å²) in [6, 6.07) is 10.1. The third-order valence-electron chi connectivity index (χ3n) is 8.88.